The number of guanidine groups is 1. The second kappa shape index (κ2) is 12.8. The third kappa shape index (κ3) is 5.33. The number of nitrogens with one attached hydrogen (secondary N) is 3. The highest BCUT2D eigenvalue weighted by Gasteiger charge is 2.75. The van der Waals surface area contributed by atoms with Crippen LogP contribution in [0.25, 0.3) is 0 Å². The van der Waals surface area contributed by atoms with E-state index in [0.29, 0.717) is 38.3 Å². The number of piperidine rings is 1. The molecule has 3 saturated carbocycles. The predicted octanol–water partition coefficient (Wildman–Crippen LogP) is -2.07. The van der Waals surface area contributed by atoms with Crippen LogP contribution in [0.5, 0.6) is 0 Å². The molecule has 1 heterocycles. The van der Waals surface area contributed by atoms with Crippen molar-refractivity contribution < 1.29 is 34.9 Å². The van der Waals surface area contributed by atoms with Crippen molar-refractivity contribution in [3.8, 4) is 0 Å². The summed E-state index contributed by atoms with van der Waals surface area (Å²) in [6.07, 6.45) is 6.07. The molecule has 8 N–H and O–H groups in total. The Balaban J connectivity index is 1.55. The van der Waals surface area contributed by atoms with Crippen LogP contribution in [0.15, 0.2) is 16.1 Å². The average molecular weight is 592 g/mol. The molecule has 4 aliphatic carbocycles. The number of rotatable bonds is 11. The molecule has 1 saturated heterocycles. The number of carbonyl (C=O) groups excluding carboxylic acids is 1. The van der Waals surface area contributed by atoms with Crippen molar-refractivity contribution in [1.29, 1.82) is 0 Å². The molecule has 4 fully saturated rings. The lowest BCUT2D eigenvalue weighted by Crippen LogP contribution is -3.19. The summed E-state index contributed by atoms with van der Waals surface area (Å²) in [4.78, 5) is 18.8. The minimum absolute atomic E-state index is 0.0410. The fraction of sp³-hybridized carbons (Fsp3) is 0.871. The number of aliphatic carboxylic acids is 1. The predicted molar refractivity (Wildman–Crippen MR) is 156 cm³/mol. The molecule has 9 unspecified atom stereocenters. The van der Waals surface area contributed by atoms with Gasteiger partial charge in [0.15, 0.2) is 0 Å². The molecule has 11 heteroatoms. The van der Waals surface area contributed by atoms with E-state index in [4.69, 9.17) is 10.5 Å². The van der Waals surface area contributed by atoms with Crippen LogP contribution in [-0.4, -0.2) is 105 Å². The Kier molecular flexibility index (Phi) is 9.69. The Labute approximate surface area is 250 Å². The fourth-order valence-corrected chi connectivity index (χ4v) is 10.1. The van der Waals surface area contributed by atoms with E-state index in [1.165, 1.54) is 0 Å². The molecule has 11 nitrogen and oxygen atoms in total. The number of carboxylic acids is 1. The van der Waals surface area contributed by atoms with Gasteiger partial charge in [0.1, 0.15) is 5.60 Å². The molecule has 1 aliphatic heterocycles. The number of nitrogens with zero attached hydrogens (tertiary/aromatic N) is 1. The molecule has 2 spiro atoms. The molecule has 5 rings (SSSR count). The first-order valence-electron chi connectivity index (χ1n) is 16.2. The van der Waals surface area contributed by atoms with Gasteiger partial charge in [-0.1, -0.05) is 12.5 Å². The van der Waals surface area contributed by atoms with Crippen molar-refractivity contribution in [1.82, 2.24) is 10.6 Å². The summed E-state index contributed by atoms with van der Waals surface area (Å²) in [6, 6.07) is 0. The zero-order valence-electron chi connectivity index (χ0n) is 25.5. The molecule has 0 aromatic heterocycles. The highest BCUT2D eigenvalue weighted by atomic mass is 16.5. The molecule has 0 aromatic rings. The Bertz CT molecular complexity index is 1050. The monoisotopic (exact) mass is 591 g/mol. The molecule has 0 radical (unpaired) electrons. The quantitative estimate of drug-likeness (QED) is 0.0808. The maximum Gasteiger partial charge on any atom is 0.293 e. The molecule has 0 amide bonds. The number of ether oxygens (including phenoxy) is 1. The summed E-state index contributed by atoms with van der Waals surface area (Å²) in [6.45, 7) is 6.31. The molecule has 42 heavy (non-hydrogen) atoms. The number of likely N-dealkylation sites (tertiary alicyclic amines) is 1. The van der Waals surface area contributed by atoms with Gasteiger partial charge in [-0.15, -0.1) is 0 Å². The second-order valence-corrected chi connectivity index (χ2v) is 13.8. The van der Waals surface area contributed by atoms with E-state index in [9.17, 15) is 25.2 Å². The van der Waals surface area contributed by atoms with Gasteiger partial charge in [0.25, 0.3) is 5.96 Å². The van der Waals surface area contributed by atoms with Crippen molar-refractivity contribution in [3.63, 3.8) is 0 Å². The fourth-order valence-electron chi connectivity index (χ4n) is 10.1. The highest BCUT2D eigenvalue weighted by molar-refractivity contribution is 5.90. The van der Waals surface area contributed by atoms with E-state index in [1.54, 1.807) is 0 Å². The number of aliphatic hydroxyl groups excluding tert-OH is 2. The lowest BCUT2D eigenvalue weighted by molar-refractivity contribution is -0.828. The average Bonchev–Trinajstić information content (AvgIpc) is 3.30. The summed E-state index contributed by atoms with van der Waals surface area (Å²) >= 11 is 0. The van der Waals surface area contributed by atoms with Crippen LogP contribution in [0.2, 0.25) is 0 Å². The van der Waals surface area contributed by atoms with Crippen molar-refractivity contribution >= 4 is 11.9 Å². The summed E-state index contributed by atoms with van der Waals surface area (Å²) in [7, 11) is 1.89. The van der Waals surface area contributed by atoms with Gasteiger partial charge in [-0.25, -0.2) is 4.99 Å². The number of carbonyl (C=O) groups is 1. The molecular weight excluding hydrogens is 538 g/mol. The highest BCUT2D eigenvalue weighted by Crippen LogP contribution is 2.76. The lowest BCUT2D eigenvalue weighted by Gasteiger charge is -2.60. The van der Waals surface area contributed by atoms with Crippen LogP contribution in [0.1, 0.15) is 64.7 Å². The van der Waals surface area contributed by atoms with E-state index >= 15 is 0 Å². The van der Waals surface area contributed by atoms with E-state index in [0.717, 1.165) is 75.2 Å². The normalized spacial score (nSPS) is 41.9. The first-order chi connectivity index (χ1) is 20.1. The Morgan fingerprint density at radius 2 is 2.05 bits per heavy atom. The molecule has 0 aromatic carbocycles. The Morgan fingerprint density at radius 3 is 2.76 bits per heavy atom. The summed E-state index contributed by atoms with van der Waals surface area (Å²) < 4.78 is 6.23. The van der Waals surface area contributed by atoms with Crippen LogP contribution in [-0.2, 0) is 9.53 Å². The third-order valence-corrected chi connectivity index (χ3v) is 11.8. The van der Waals surface area contributed by atoms with E-state index < -0.39 is 23.1 Å². The minimum Gasteiger partial charge on any atom is -0.545 e. The van der Waals surface area contributed by atoms with Crippen LogP contribution in [0.4, 0.5) is 0 Å². The van der Waals surface area contributed by atoms with Gasteiger partial charge in [0.2, 0.25) is 0 Å². The zero-order chi connectivity index (χ0) is 30.1. The molecular formula is C31H53N5O6. The van der Waals surface area contributed by atoms with Gasteiger partial charge in [-0.2, -0.15) is 0 Å². The van der Waals surface area contributed by atoms with Crippen molar-refractivity contribution in [2.24, 2.45) is 39.3 Å². The number of hydrogen-bond acceptors (Lipinski definition) is 9. The van der Waals surface area contributed by atoms with Crippen LogP contribution >= 0.6 is 0 Å². The number of quaternary nitrogens is 1. The minimum atomic E-state index is -1.66. The number of likely N-dealkylation sites (N-methyl/N-ethyl adjacent to an activating group) is 1. The maximum atomic E-state index is 12.9. The van der Waals surface area contributed by atoms with Crippen molar-refractivity contribution in [2.75, 3.05) is 59.5 Å². The number of hydrogen-bond donors (Lipinski definition) is 7. The first-order valence-corrected chi connectivity index (χ1v) is 16.2. The Hall–Kier alpha value is -1.60. The third-order valence-electron chi connectivity index (χ3n) is 11.8. The molecule has 9 atom stereocenters. The lowest BCUT2D eigenvalue weighted by atomic mass is 9.45. The number of nitrogens with two attached hydrogens (primary N) is 1. The van der Waals surface area contributed by atoms with Gasteiger partial charge in [0.05, 0.1) is 51.0 Å². The van der Waals surface area contributed by atoms with E-state index in [2.05, 4.69) is 22.5 Å². The number of aliphatic imine (C=N–C) groups is 1. The SMILES string of the molecule is CNCCN=C(N)[NH+]1CCC(CNCCO)C2(C1)C1CCC(C)C23CC(O)(COC2CCCC(O)C2)C(C(=O)[O-])=C3C1. The summed E-state index contributed by atoms with van der Waals surface area (Å²) in [5.41, 5.74) is 5.05. The summed E-state index contributed by atoms with van der Waals surface area (Å²) in [5.74, 6) is -0.0530. The number of aliphatic hydroxyl groups is 3. The van der Waals surface area contributed by atoms with Gasteiger partial charge in [-0.3, -0.25) is 4.90 Å². The maximum absolute atomic E-state index is 12.9. The molecule has 5 aliphatic rings. The molecule has 238 valence electrons. The first kappa shape index (κ1) is 31.8. The second-order valence-electron chi connectivity index (χ2n) is 13.8. The standard InChI is InChI=1S/C31H53N5O6/c1-20-6-7-21-14-25-26(27(39)40)29(41,19-42-24-5-3-4-23(38)15-24)17-30(20,25)31(21)18-36(28(32)35-10-9-33-2)12-8-22(31)16-34-11-13-37/h20-24,33-34,37-38,41H,3-19H2,1-2H3,(H2,32,35)(H,39,40). The smallest absolute Gasteiger partial charge is 0.293 e. The van der Waals surface area contributed by atoms with Gasteiger partial charge in [0, 0.05) is 35.9 Å². The Morgan fingerprint density at radius 1 is 1.24 bits per heavy atom. The summed E-state index contributed by atoms with van der Waals surface area (Å²) in [5, 5.41) is 51.5. The van der Waals surface area contributed by atoms with Gasteiger partial charge in [-0.05, 0) is 82.7 Å². The number of allylic oxidation sites excluding steroid dienone is 1. The van der Waals surface area contributed by atoms with Crippen LogP contribution < -0.4 is 26.4 Å². The van der Waals surface area contributed by atoms with Gasteiger partial charge < -0.3 is 46.3 Å². The topological polar surface area (TPSA) is 177 Å². The largest absolute Gasteiger partial charge is 0.545 e. The van der Waals surface area contributed by atoms with Crippen molar-refractivity contribution in [2.45, 2.75) is 82.5 Å². The van der Waals surface area contributed by atoms with Crippen molar-refractivity contribution in [3.05, 3.63) is 11.1 Å². The molecule has 2 bridgehead atoms. The number of carboxylic acid groups (broad SMARTS) is 1. The van der Waals surface area contributed by atoms with Crippen LogP contribution in [0, 0.1) is 28.6 Å². The zero-order valence-corrected chi connectivity index (χ0v) is 25.5. The van der Waals surface area contributed by atoms with Crippen LogP contribution in [0.3, 0.4) is 0 Å². The van der Waals surface area contributed by atoms with Gasteiger partial charge >= 0.3 is 0 Å². The van der Waals surface area contributed by atoms with E-state index in [-0.39, 0.29) is 48.1 Å². The van der Waals surface area contributed by atoms with E-state index in [1.807, 2.05) is 7.05 Å².